The van der Waals surface area contributed by atoms with Gasteiger partial charge >= 0.3 is 0 Å². The Balaban J connectivity index is 1.75. The van der Waals surface area contributed by atoms with Crippen LogP contribution in [0, 0.1) is 31.3 Å². The smallest absolute Gasteiger partial charge is 0.259 e. The lowest BCUT2D eigenvalue weighted by atomic mass is 10.1. The predicted molar refractivity (Wildman–Crippen MR) is 103 cm³/mol. The fraction of sp³-hybridized carbons (Fsp3) is 0.0952. The van der Waals surface area contributed by atoms with E-state index in [9.17, 15) is 18.0 Å². The summed E-state index contributed by atoms with van der Waals surface area (Å²) in [6.07, 6.45) is 0. The van der Waals surface area contributed by atoms with E-state index in [1.165, 1.54) is 4.68 Å². The van der Waals surface area contributed by atoms with Crippen LogP contribution in [-0.2, 0) is 0 Å². The van der Waals surface area contributed by atoms with Gasteiger partial charge < -0.3 is 5.32 Å². The first-order chi connectivity index (χ1) is 13.8. The van der Waals surface area contributed by atoms with Gasteiger partial charge in [0.05, 0.1) is 16.8 Å². The van der Waals surface area contributed by atoms with E-state index >= 15 is 0 Å². The molecule has 5 nitrogen and oxygen atoms in total. The van der Waals surface area contributed by atoms with Crippen molar-refractivity contribution in [3.63, 3.8) is 0 Å². The lowest BCUT2D eigenvalue weighted by molar-refractivity contribution is 0.102. The number of hydrogen-bond acceptors (Lipinski definition) is 3. The van der Waals surface area contributed by atoms with Gasteiger partial charge in [0.25, 0.3) is 5.91 Å². The molecule has 2 aromatic carbocycles. The lowest BCUT2D eigenvalue weighted by Crippen LogP contribution is -2.18. The molecule has 1 amide bonds. The first-order valence-electron chi connectivity index (χ1n) is 8.73. The molecule has 0 unspecified atom stereocenters. The minimum absolute atomic E-state index is 0.221. The van der Waals surface area contributed by atoms with Gasteiger partial charge in [-0.15, -0.1) is 0 Å². The highest BCUT2D eigenvalue weighted by atomic mass is 19.2. The van der Waals surface area contributed by atoms with Crippen LogP contribution in [0.3, 0.4) is 0 Å². The number of para-hydroxylation sites is 1. The number of aryl methyl sites for hydroxylation is 2. The zero-order valence-electron chi connectivity index (χ0n) is 15.5. The van der Waals surface area contributed by atoms with Crippen LogP contribution in [0.4, 0.5) is 19.0 Å². The van der Waals surface area contributed by atoms with Crippen LogP contribution in [0.1, 0.15) is 21.6 Å². The van der Waals surface area contributed by atoms with Crippen LogP contribution in [0.2, 0.25) is 0 Å². The number of nitrogens with zero attached hydrogens (tertiary/aromatic N) is 3. The van der Waals surface area contributed by atoms with E-state index in [-0.39, 0.29) is 5.82 Å². The number of carbonyl (C=O) groups excluding carboxylic acids is 1. The molecule has 0 radical (unpaired) electrons. The molecule has 0 saturated heterocycles. The van der Waals surface area contributed by atoms with Gasteiger partial charge in [-0.25, -0.2) is 18.2 Å². The summed E-state index contributed by atoms with van der Waals surface area (Å²) in [4.78, 5) is 17.0. The van der Waals surface area contributed by atoms with Crippen molar-refractivity contribution in [2.24, 2.45) is 0 Å². The Bertz CT molecular complexity index is 1270. The number of amides is 1. The maximum Gasteiger partial charge on any atom is 0.259 e. The average molecular weight is 396 g/mol. The highest BCUT2D eigenvalue weighted by Crippen LogP contribution is 2.23. The van der Waals surface area contributed by atoms with Crippen LogP contribution in [0.5, 0.6) is 0 Å². The molecule has 0 fully saturated rings. The highest BCUT2D eigenvalue weighted by Gasteiger charge is 2.21. The number of anilines is 1. The molecular formula is C21H15F3N4O. The first-order valence-corrected chi connectivity index (χ1v) is 8.73. The van der Waals surface area contributed by atoms with Crippen molar-refractivity contribution in [1.29, 1.82) is 0 Å². The minimum Gasteiger partial charge on any atom is -0.306 e. The van der Waals surface area contributed by atoms with E-state index in [4.69, 9.17) is 0 Å². The largest absolute Gasteiger partial charge is 0.306 e. The summed E-state index contributed by atoms with van der Waals surface area (Å²) < 4.78 is 42.0. The van der Waals surface area contributed by atoms with Gasteiger partial charge in [0.15, 0.2) is 23.3 Å². The fourth-order valence-corrected chi connectivity index (χ4v) is 3.09. The zero-order valence-corrected chi connectivity index (χ0v) is 15.5. The van der Waals surface area contributed by atoms with E-state index in [1.54, 1.807) is 13.0 Å². The maximum absolute atomic E-state index is 14.0. The van der Waals surface area contributed by atoms with Gasteiger partial charge in [0.1, 0.15) is 5.82 Å². The monoisotopic (exact) mass is 396 g/mol. The molecular weight excluding hydrogens is 381 g/mol. The minimum atomic E-state index is -1.70. The maximum atomic E-state index is 14.0. The second kappa shape index (κ2) is 7.05. The average Bonchev–Trinajstić information content (AvgIpc) is 3.06. The lowest BCUT2D eigenvalue weighted by Gasteiger charge is -2.11. The van der Waals surface area contributed by atoms with Crippen molar-refractivity contribution in [1.82, 2.24) is 14.8 Å². The molecule has 0 aliphatic heterocycles. The van der Waals surface area contributed by atoms with Gasteiger partial charge in [-0.3, -0.25) is 4.79 Å². The molecule has 4 aromatic rings. The quantitative estimate of drug-likeness (QED) is 0.511. The summed E-state index contributed by atoms with van der Waals surface area (Å²) in [6.45, 7) is 3.65. The Morgan fingerprint density at radius 1 is 1.00 bits per heavy atom. The van der Waals surface area contributed by atoms with Crippen molar-refractivity contribution in [2.45, 2.75) is 13.8 Å². The number of carbonyl (C=O) groups is 1. The summed E-state index contributed by atoms with van der Waals surface area (Å²) in [5.74, 6) is -4.87. The van der Waals surface area contributed by atoms with Crippen LogP contribution in [0.15, 0.2) is 48.5 Å². The summed E-state index contributed by atoms with van der Waals surface area (Å²) in [5.41, 5.74) is 1.68. The number of fused-ring (bicyclic) bond motifs is 1. The molecule has 0 aliphatic rings. The standard InChI is InChI=1S/C21H15F3N4O/c1-11-9-17(25-16-6-4-3-5-13(11)16)28-18(10-12(2)27-28)26-21(29)14-7-8-15(22)20(24)19(14)23/h3-10H,1-2H3,(H,26,29). The summed E-state index contributed by atoms with van der Waals surface area (Å²) in [5, 5.41) is 7.82. The number of nitrogens with one attached hydrogen (secondary N) is 1. The Labute approximate surface area is 163 Å². The Hall–Kier alpha value is -3.68. The van der Waals surface area contributed by atoms with Crippen molar-refractivity contribution >= 4 is 22.6 Å². The van der Waals surface area contributed by atoms with Crippen LogP contribution in [0.25, 0.3) is 16.7 Å². The number of halogens is 3. The third-order valence-electron chi connectivity index (χ3n) is 4.48. The number of hydrogen-bond donors (Lipinski definition) is 1. The van der Waals surface area contributed by atoms with E-state index in [1.807, 2.05) is 37.3 Å². The number of aromatic nitrogens is 3. The fourth-order valence-electron chi connectivity index (χ4n) is 3.09. The van der Waals surface area contributed by atoms with Crippen molar-refractivity contribution in [3.05, 3.63) is 82.8 Å². The Morgan fingerprint density at radius 2 is 1.76 bits per heavy atom. The number of rotatable bonds is 3. The van der Waals surface area contributed by atoms with Crippen LogP contribution >= 0.6 is 0 Å². The first kappa shape index (κ1) is 18.7. The molecule has 0 atom stereocenters. The molecule has 4 rings (SSSR count). The Morgan fingerprint density at radius 3 is 2.55 bits per heavy atom. The SMILES string of the molecule is Cc1cc(NC(=O)c2ccc(F)c(F)c2F)n(-c2cc(C)c3ccccc3n2)n1. The van der Waals surface area contributed by atoms with Crippen molar-refractivity contribution < 1.29 is 18.0 Å². The molecule has 29 heavy (non-hydrogen) atoms. The predicted octanol–water partition coefficient (Wildman–Crippen LogP) is 4.71. The molecule has 2 aromatic heterocycles. The second-order valence-corrected chi connectivity index (χ2v) is 6.57. The van der Waals surface area contributed by atoms with E-state index in [0.717, 1.165) is 22.5 Å². The van der Waals surface area contributed by atoms with Crippen LogP contribution < -0.4 is 5.32 Å². The molecule has 0 saturated carbocycles. The molecule has 146 valence electrons. The van der Waals surface area contributed by atoms with Gasteiger partial charge in [0, 0.05) is 11.5 Å². The summed E-state index contributed by atoms with van der Waals surface area (Å²) in [7, 11) is 0. The zero-order chi connectivity index (χ0) is 20.7. The van der Waals surface area contributed by atoms with Crippen molar-refractivity contribution in [3.8, 4) is 5.82 Å². The molecule has 1 N–H and O–H groups in total. The topological polar surface area (TPSA) is 59.8 Å². The number of benzene rings is 2. The second-order valence-electron chi connectivity index (χ2n) is 6.57. The van der Waals surface area contributed by atoms with Crippen LogP contribution in [-0.4, -0.2) is 20.7 Å². The van der Waals surface area contributed by atoms with Crippen molar-refractivity contribution in [2.75, 3.05) is 5.32 Å². The Kier molecular flexibility index (Phi) is 4.54. The molecule has 0 spiro atoms. The third kappa shape index (κ3) is 3.33. The highest BCUT2D eigenvalue weighted by molar-refractivity contribution is 6.04. The molecule has 8 heteroatoms. The molecule has 2 heterocycles. The molecule has 0 aliphatic carbocycles. The summed E-state index contributed by atoms with van der Waals surface area (Å²) in [6, 6.07) is 12.5. The van der Waals surface area contributed by atoms with Gasteiger partial charge in [-0.1, -0.05) is 18.2 Å². The normalized spacial score (nSPS) is 11.1. The van der Waals surface area contributed by atoms with E-state index in [0.29, 0.717) is 17.6 Å². The van der Waals surface area contributed by atoms with Gasteiger partial charge in [0.2, 0.25) is 0 Å². The third-order valence-corrected chi connectivity index (χ3v) is 4.48. The van der Waals surface area contributed by atoms with E-state index < -0.39 is 28.9 Å². The van der Waals surface area contributed by atoms with E-state index in [2.05, 4.69) is 15.4 Å². The van der Waals surface area contributed by atoms with Gasteiger partial charge in [-0.05, 0) is 43.7 Å². The summed E-state index contributed by atoms with van der Waals surface area (Å²) >= 11 is 0. The number of pyridine rings is 1. The molecule has 0 bridgehead atoms. The van der Waals surface area contributed by atoms with Gasteiger partial charge in [-0.2, -0.15) is 9.78 Å².